The molecule has 3 aromatic carbocycles. The van der Waals surface area contributed by atoms with E-state index in [0.717, 1.165) is 73.7 Å². The van der Waals surface area contributed by atoms with Crippen LogP contribution in [0.15, 0.2) is 89.1 Å². The van der Waals surface area contributed by atoms with Gasteiger partial charge in [0.2, 0.25) is 0 Å². The van der Waals surface area contributed by atoms with Gasteiger partial charge in [0, 0.05) is 17.7 Å². The van der Waals surface area contributed by atoms with Gasteiger partial charge >= 0.3 is 0 Å². The zero-order valence-corrected chi connectivity index (χ0v) is 21.3. The number of methoxy groups -OCH3 is 2. The Balaban J connectivity index is 1.35. The molecule has 0 aromatic heterocycles. The Morgan fingerprint density at radius 2 is 1.53 bits per heavy atom. The first-order valence-corrected chi connectivity index (χ1v) is 12.9. The summed E-state index contributed by atoms with van der Waals surface area (Å²) in [7, 11) is 3.41. The molecule has 5 nitrogen and oxygen atoms in total. The van der Waals surface area contributed by atoms with E-state index in [1.54, 1.807) is 14.2 Å². The molecule has 36 heavy (non-hydrogen) atoms. The molecule has 5 heteroatoms. The van der Waals surface area contributed by atoms with Crippen LogP contribution >= 0.6 is 0 Å². The highest BCUT2D eigenvalue weighted by Gasteiger charge is 2.34. The summed E-state index contributed by atoms with van der Waals surface area (Å²) >= 11 is 0. The number of rotatable bonds is 9. The van der Waals surface area contributed by atoms with E-state index in [4.69, 9.17) is 14.6 Å². The molecule has 0 aliphatic carbocycles. The van der Waals surface area contributed by atoms with Crippen molar-refractivity contribution >= 4 is 11.4 Å². The SMILES string of the molecule is COc1cccc(C(C2=NN=C(CCc3ccccc3)C2)N2CCC(c3ccccc3)CC2)c1OC. The summed E-state index contributed by atoms with van der Waals surface area (Å²) in [5.41, 5.74) is 6.14. The fourth-order valence-electron chi connectivity index (χ4n) is 5.57. The molecule has 2 heterocycles. The minimum absolute atomic E-state index is 0.0183. The predicted octanol–water partition coefficient (Wildman–Crippen LogP) is 6.46. The van der Waals surface area contributed by atoms with Gasteiger partial charge in [-0.05, 0) is 61.9 Å². The lowest BCUT2D eigenvalue weighted by Crippen LogP contribution is -2.40. The number of hydrogen-bond acceptors (Lipinski definition) is 5. The average Bonchev–Trinajstić information content (AvgIpc) is 3.42. The van der Waals surface area contributed by atoms with Crippen molar-refractivity contribution in [3.63, 3.8) is 0 Å². The minimum Gasteiger partial charge on any atom is -0.493 e. The molecule has 1 unspecified atom stereocenters. The lowest BCUT2D eigenvalue weighted by atomic mass is 9.87. The number of nitrogens with zero attached hydrogens (tertiary/aromatic N) is 3. The maximum atomic E-state index is 5.88. The molecular formula is C31H35N3O2. The summed E-state index contributed by atoms with van der Waals surface area (Å²) in [6, 6.07) is 27.7. The van der Waals surface area contributed by atoms with Crippen LogP contribution < -0.4 is 9.47 Å². The number of piperidine rings is 1. The van der Waals surface area contributed by atoms with Crippen molar-refractivity contribution in [3.05, 3.63) is 95.6 Å². The van der Waals surface area contributed by atoms with Crippen molar-refractivity contribution in [1.29, 1.82) is 0 Å². The number of hydrogen-bond donors (Lipinski definition) is 0. The quantitative estimate of drug-likeness (QED) is 0.352. The zero-order chi connectivity index (χ0) is 24.7. The van der Waals surface area contributed by atoms with Gasteiger partial charge < -0.3 is 9.47 Å². The molecule has 0 spiro atoms. The normalized spacial score (nSPS) is 17.4. The van der Waals surface area contributed by atoms with E-state index in [-0.39, 0.29) is 6.04 Å². The van der Waals surface area contributed by atoms with Crippen molar-refractivity contribution in [2.24, 2.45) is 10.2 Å². The second-order valence-corrected chi connectivity index (χ2v) is 9.63. The van der Waals surface area contributed by atoms with Crippen LogP contribution in [-0.2, 0) is 6.42 Å². The molecule has 1 saturated heterocycles. The Labute approximate surface area is 214 Å². The largest absolute Gasteiger partial charge is 0.493 e. The van der Waals surface area contributed by atoms with Crippen LogP contribution in [0.25, 0.3) is 0 Å². The fourth-order valence-corrected chi connectivity index (χ4v) is 5.57. The summed E-state index contributed by atoms with van der Waals surface area (Å²) < 4.78 is 11.5. The molecule has 1 atom stereocenters. The van der Waals surface area contributed by atoms with Crippen LogP contribution in [-0.4, -0.2) is 43.6 Å². The molecule has 0 bridgehead atoms. The molecular weight excluding hydrogens is 446 g/mol. The number of ether oxygens (including phenoxy) is 2. The summed E-state index contributed by atoms with van der Waals surface area (Å²) in [6.45, 7) is 2.01. The van der Waals surface area contributed by atoms with Crippen LogP contribution in [0.3, 0.4) is 0 Å². The van der Waals surface area contributed by atoms with Gasteiger partial charge in [0.25, 0.3) is 0 Å². The van der Waals surface area contributed by atoms with Crippen molar-refractivity contribution in [2.45, 2.75) is 44.1 Å². The highest BCUT2D eigenvalue weighted by molar-refractivity contribution is 6.10. The molecule has 0 radical (unpaired) electrons. The first kappa shape index (κ1) is 24.3. The lowest BCUT2D eigenvalue weighted by molar-refractivity contribution is 0.184. The van der Waals surface area contributed by atoms with Gasteiger partial charge in [-0.25, -0.2) is 0 Å². The second-order valence-electron chi connectivity index (χ2n) is 9.63. The molecule has 0 saturated carbocycles. The van der Waals surface area contributed by atoms with Crippen LogP contribution in [0.1, 0.15) is 54.3 Å². The molecule has 1 fully saturated rings. The highest BCUT2D eigenvalue weighted by Crippen LogP contribution is 2.41. The zero-order valence-electron chi connectivity index (χ0n) is 21.3. The van der Waals surface area contributed by atoms with Crippen LogP contribution in [0, 0.1) is 0 Å². The van der Waals surface area contributed by atoms with Crippen molar-refractivity contribution in [2.75, 3.05) is 27.3 Å². The smallest absolute Gasteiger partial charge is 0.165 e. The van der Waals surface area contributed by atoms with Gasteiger partial charge in [0.05, 0.1) is 26.0 Å². The van der Waals surface area contributed by atoms with E-state index in [1.165, 1.54) is 11.1 Å². The Hall–Kier alpha value is -3.44. The number of para-hydroxylation sites is 1. The molecule has 186 valence electrons. The Bertz CT molecular complexity index is 1200. The fraction of sp³-hybridized carbons (Fsp3) is 0.355. The molecule has 2 aliphatic heterocycles. The van der Waals surface area contributed by atoms with Gasteiger partial charge in [-0.1, -0.05) is 72.8 Å². The van der Waals surface area contributed by atoms with Crippen LogP contribution in [0.5, 0.6) is 11.5 Å². The lowest BCUT2D eigenvalue weighted by Gasteiger charge is -2.38. The van der Waals surface area contributed by atoms with Crippen molar-refractivity contribution in [1.82, 2.24) is 4.90 Å². The van der Waals surface area contributed by atoms with E-state index < -0.39 is 0 Å². The summed E-state index contributed by atoms with van der Waals surface area (Å²) in [5.74, 6) is 2.14. The molecule has 3 aromatic rings. The Kier molecular flexibility index (Phi) is 7.77. The molecule has 0 N–H and O–H groups in total. The monoisotopic (exact) mass is 481 g/mol. The van der Waals surface area contributed by atoms with Crippen molar-refractivity contribution < 1.29 is 9.47 Å². The number of benzene rings is 3. The standard InChI is InChI=1S/C31H35N3O2/c1-35-29-15-9-14-27(31(29)36-2)30(34-20-18-25(19-21-34)24-12-7-4-8-13-24)28-22-26(32-33-28)17-16-23-10-5-3-6-11-23/h3-15,25,30H,16-22H2,1-2H3. The van der Waals surface area contributed by atoms with Gasteiger partial charge in [-0.2, -0.15) is 10.2 Å². The van der Waals surface area contributed by atoms with E-state index in [2.05, 4.69) is 76.7 Å². The van der Waals surface area contributed by atoms with Crippen LogP contribution in [0.2, 0.25) is 0 Å². The van der Waals surface area contributed by atoms with Crippen LogP contribution in [0.4, 0.5) is 0 Å². The highest BCUT2D eigenvalue weighted by atomic mass is 16.5. The van der Waals surface area contributed by atoms with E-state index in [1.807, 2.05) is 12.1 Å². The third-order valence-corrected chi connectivity index (χ3v) is 7.46. The third-order valence-electron chi connectivity index (χ3n) is 7.46. The first-order chi connectivity index (χ1) is 17.8. The van der Waals surface area contributed by atoms with Crippen molar-refractivity contribution in [3.8, 4) is 11.5 Å². The molecule has 5 rings (SSSR count). The first-order valence-electron chi connectivity index (χ1n) is 12.9. The van der Waals surface area contributed by atoms with Gasteiger partial charge in [-0.15, -0.1) is 0 Å². The number of aryl methyl sites for hydroxylation is 1. The van der Waals surface area contributed by atoms with E-state index in [0.29, 0.717) is 5.92 Å². The van der Waals surface area contributed by atoms with E-state index >= 15 is 0 Å². The number of likely N-dealkylation sites (tertiary alicyclic amines) is 1. The topological polar surface area (TPSA) is 46.4 Å². The maximum Gasteiger partial charge on any atom is 0.165 e. The second kappa shape index (κ2) is 11.5. The summed E-state index contributed by atoms with van der Waals surface area (Å²) in [5, 5.41) is 9.40. The Morgan fingerprint density at radius 3 is 2.22 bits per heavy atom. The van der Waals surface area contributed by atoms with Gasteiger partial charge in [0.15, 0.2) is 11.5 Å². The average molecular weight is 482 g/mol. The molecule has 0 amide bonds. The van der Waals surface area contributed by atoms with Gasteiger partial charge in [0.1, 0.15) is 0 Å². The van der Waals surface area contributed by atoms with Gasteiger partial charge in [-0.3, -0.25) is 4.90 Å². The predicted molar refractivity (Wildman–Crippen MR) is 147 cm³/mol. The third kappa shape index (κ3) is 5.36. The van der Waals surface area contributed by atoms with E-state index in [9.17, 15) is 0 Å². The summed E-state index contributed by atoms with van der Waals surface area (Å²) in [6.07, 6.45) is 4.97. The minimum atomic E-state index is 0.0183. The summed E-state index contributed by atoms with van der Waals surface area (Å²) in [4.78, 5) is 2.56. The maximum absolute atomic E-state index is 5.88. The Morgan fingerprint density at radius 1 is 0.806 bits per heavy atom. The molecule has 2 aliphatic rings.